The van der Waals surface area contributed by atoms with Crippen LogP contribution in [-0.4, -0.2) is 36.4 Å². The van der Waals surface area contributed by atoms with Crippen molar-refractivity contribution in [2.24, 2.45) is 5.92 Å². The minimum absolute atomic E-state index is 0.517. The van der Waals surface area contributed by atoms with Crippen molar-refractivity contribution in [3.63, 3.8) is 0 Å². The van der Waals surface area contributed by atoms with Crippen molar-refractivity contribution in [2.75, 3.05) is 19.8 Å². The summed E-state index contributed by atoms with van der Waals surface area (Å²) in [5.41, 5.74) is -0.860. The highest BCUT2D eigenvalue weighted by Gasteiger charge is 2.31. The number of hydrogen-bond donors (Lipinski definition) is 2. The van der Waals surface area contributed by atoms with Gasteiger partial charge in [0.1, 0.15) is 5.54 Å². The molecule has 106 valence electrons. The van der Waals surface area contributed by atoms with Crippen LogP contribution < -0.4 is 5.32 Å². The van der Waals surface area contributed by atoms with E-state index in [-0.39, 0.29) is 0 Å². The number of likely N-dealkylation sites (N-methyl/N-ethyl adjacent to an activating group) is 1. The molecule has 4 heteroatoms. The van der Waals surface area contributed by atoms with Crippen molar-refractivity contribution in [2.45, 2.75) is 57.9 Å². The van der Waals surface area contributed by atoms with Crippen molar-refractivity contribution >= 4 is 5.97 Å². The molecular weight excluding hydrogens is 230 g/mol. The second-order valence-corrected chi connectivity index (χ2v) is 5.50. The van der Waals surface area contributed by atoms with Gasteiger partial charge < -0.3 is 15.2 Å². The Morgan fingerprint density at radius 3 is 2.61 bits per heavy atom. The number of nitrogens with one attached hydrogen (secondary N) is 1. The van der Waals surface area contributed by atoms with Gasteiger partial charge in [-0.1, -0.05) is 26.2 Å². The zero-order chi connectivity index (χ0) is 13.4. The molecule has 0 spiro atoms. The van der Waals surface area contributed by atoms with Gasteiger partial charge in [-0.25, -0.2) is 0 Å². The van der Waals surface area contributed by atoms with Gasteiger partial charge in [-0.2, -0.15) is 0 Å². The van der Waals surface area contributed by atoms with E-state index in [0.29, 0.717) is 25.5 Å². The van der Waals surface area contributed by atoms with Gasteiger partial charge in [-0.15, -0.1) is 0 Å². The molecule has 1 unspecified atom stereocenters. The first-order valence-corrected chi connectivity index (χ1v) is 7.14. The second-order valence-electron chi connectivity index (χ2n) is 5.50. The maximum atomic E-state index is 11.2. The van der Waals surface area contributed by atoms with Crippen LogP contribution in [0.2, 0.25) is 0 Å². The van der Waals surface area contributed by atoms with Gasteiger partial charge in [0.15, 0.2) is 0 Å². The molecule has 0 aromatic rings. The fourth-order valence-corrected chi connectivity index (χ4v) is 2.54. The van der Waals surface area contributed by atoms with Crippen molar-refractivity contribution in [1.29, 1.82) is 0 Å². The Labute approximate surface area is 110 Å². The van der Waals surface area contributed by atoms with Crippen molar-refractivity contribution in [3.8, 4) is 0 Å². The number of ether oxygens (including phenoxy) is 1. The molecule has 1 fully saturated rings. The Balaban J connectivity index is 2.20. The highest BCUT2D eigenvalue weighted by Crippen LogP contribution is 2.23. The lowest BCUT2D eigenvalue weighted by Gasteiger charge is -2.26. The van der Waals surface area contributed by atoms with Crippen LogP contribution >= 0.6 is 0 Å². The van der Waals surface area contributed by atoms with Gasteiger partial charge in [0.25, 0.3) is 0 Å². The predicted molar refractivity (Wildman–Crippen MR) is 71.7 cm³/mol. The van der Waals surface area contributed by atoms with E-state index in [0.717, 1.165) is 6.61 Å². The van der Waals surface area contributed by atoms with Crippen LogP contribution in [0.4, 0.5) is 0 Å². The molecule has 1 aliphatic carbocycles. The molecule has 0 aliphatic heterocycles. The lowest BCUT2D eigenvalue weighted by atomic mass is 9.90. The molecule has 4 nitrogen and oxygen atoms in total. The third kappa shape index (κ3) is 4.94. The number of rotatable bonds is 8. The molecule has 0 aromatic heterocycles. The molecule has 2 N–H and O–H groups in total. The van der Waals surface area contributed by atoms with Crippen molar-refractivity contribution < 1.29 is 14.6 Å². The third-order valence-corrected chi connectivity index (χ3v) is 3.86. The van der Waals surface area contributed by atoms with Crippen molar-refractivity contribution in [1.82, 2.24) is 5.32 Å². The summed E-state index contributed by atoms with van der Waals surface area (Å²) < 4.78 is 5.66. The van der Waals surface area contributed by atoms with Gasteiger partial charge in [-0.3, -0.25) is 4.79 Å². The predicted octanol–water partition coefficient (Wildman–Crippen LogP) is 2.43. The van der Waals surface area contributed by atoms with E-state index in [1.807, 2.05) is 6.92 Å². The summed E-state index contributed by atoms with van der Waals surface area (Å²) in [6.45, 7) is 5.62. The topological polar surface area (TPSA) is 58.6 Å². The summed E-state index contributed by atoms with van der Waals surface area (Å²) in [7, 11) is 0. The number of carbonyl (C=O) groups is 1. The Kier molecular flexibility index (Phi) is 6.65. The molecular formula is C14H27NO3. The molecule has 1 aliphatic rings. The average Bonchev–Trinajstić information content (AvgIpc) is 2.36. The smallest absolute Gasteiger partial charge is 0.323 e. The highest BCUT2D eigenvalue weighted by molar-refractivity contribution is 5.78. The molecule has 0 bridgehead atoms. The summed E-state index contributed by atoms with van der Waals surface area (Å²) in [4.78, 5) is 11.2. The summed E-state index contributed by atoms with van der Waals surface area (Å²) in [6, 6.07) is 0. The molecule has 0 saturated heterocycles. The molecule has 1 rings (SSSR count). The largest absolute Gasteiger partial charge is 0.480 e. The fraction of sp³-hybridized carbons (Fsp3) is 0.929. The average molecular weight is 257 g/mol. The first kappa shape index (κ1) is 15.4. The zero-order valence-corrected chi connectivity index (χ0v) is 11.7. The normalized spacial score (nSPS) is 20.6. The van der Waals surface area contributed by atoms with Crippen LogP contribution in [0, 0.1) is 5.92 Å². The first-order chi connectivity index (χ1) is 8.58. The van der Waals surface area contributed by atoms with Crippen LogP contribution in [0.1, 0.15) is 52.4 Å². The van der Waals surface area contributed by atoms with E-state index in [2.05, 4.69) is 5.32 Å². The van der Waals surface area contributed by atoms with Gasteiger partial charge in [0.2, 0.25) is 0 Å². The van der Waals surface area contributed by atoms with Crippen molar-refractivity contribution in [3.05, 3.63) is 0 Å². The first-order valence-electron chi connectivity index (χ1n) is 7.14. The van der Waals surface area contributed by atoms with E-state index in [9.17, 15) is 9.90 Å². The van der Waals surface area contributed by atoms with Crippen LogP contribution in [0.5, 0.6) is 0 Å². The quantitative estimate of drug-likeness (QED) is 0.656. The van der Waals surface area contributed by atoms with Crippen LogP contribution in [-0.2, 0) is 9.53 Å². The number of carboxylic acids is 1. The molecule has 1 saturated carbocycles. The van der Waals surface area contributed by atoms with E-state index < -0.39 is 11.5 Å². The third-order valence-electron chi connectivity index (χ3n) is 3.86. The molecule has 1 atom stereocenters. The number of hydrogen-bond acceptors (Lipinski definition) is 3. The van der Waals surface area contributed by atoms with Gasteiger partial charge in [0, 0.05) is 13.2 Å². The van der Waals surface area contributed by atoms with E-state index in [1.165, 1.54) is 32.1 Å². The molecule has 0 aromatic carbocycles. The van der Waals surface area contributed by atoms with Gasteiger partial charge >= 0.3 is 5.97 Å². The summed E-state index contributed by atoms with van der Waals surface area (Å²) in [5.74, 6) is -0.111. The monoisotopic (exact) mass is 257 g/mol. The summed E-state index contributed by atoms with van der Waals surface area (Å²) >= 11 is 0. The standard InChI is InChI=1S/C14H27NO3/c1-3-15-14(2,13(16)17)9-10-18-11-12-7-5-4-6-8-12/h12,15H,3-11H2,1-2H3,(H,16,17). The zero-order valence-electron chi connectivity index (χ0n) is 11.7. The summed E-state index contributed by atoms with van der Waals surface area (Å²) in [6.07, 6.45) is 7.04. The highest BCUT2D eigenvalue weighted by atomic mass is 16.5. The lowest BCUT2D eigenvalue weighted by Crippen LogP contribution is -2.50. The Morgan fingerprint density at radius 1 is 1.39 bits per heavy atom. The van der Waals surface area contributed by atoms with E-state index >= 15 is 0 Å². The fourth-order valence-electron chi connectivity index (χ4n) is 2.54. The molecule has 0 amide bonds. The van der Waals surface area contributed by atoms with Crippen LogP contribution in [0.15, 0.2) is 0 Å². The molecule has 0 radical (unpaired) electrons. The number of aliphatic carboxylic acids is 1. The second kappa shape index (κ2) is 7.74. The maximum absolute atomic E-state index is 11.2. The molecule has 18 heavy (non-hydrogen) atoms. The minimum Gasteiger partial charge on any atom is -0.480 e. The lowest BCUT2D eigenvalue weighted by molar-refractivity contribution is -0.145. The minimum atomic E-state index is -0.860. The number of carboxylic acid groups (broad SMARTS) is 1. The SMILES string of the molecule is CCNC(C)(CCOCC1CCCCC1)C(=O)O. The van der Waals surface area contributed by atoms with Gasteiger partial charge in [-0.05, 0) is 38.6 Å². The maximum Gasteiger partial charge on any atom is 0.323 e. The Bertz CT molecular complexity index is 251. The van der Waals surface area contributed by atoms with Crippen LogP contribution in [0.25, 0.3) is 0 Å². The van der Waals surface area contributed by atoms with E-state index in [1.54, 1.807) is 6.92 Å². The Morgan fingerprint density at radius 2 is 2.06 bits per heavy atom. The molecule has 0 heterocycles. The van der Waals surface area contributed by atoms with E-state index in [4.69, 9.17) is 4.74 Å². The summed E-state index contributed by atoms with van der Waals surface area (Å²) in [5, 5.41) is 12.2. The van der Waals surface area contributed by atoms with Crippen LogP contribution in [0.3, 0.4) is 0 Å². The van der Waals surface area contributed by atoms with Gasteiger partial charge in [0.05, 0.1) is 0 Å². The Hall–Kier alpha value is -0.610.